The first-order valence-electron chi connectivity index (χ1n) is 6.68. The summed E-state index contributed by atoms with van der Waals surface area (Å²) in [6, 6.07) is 5.04. The Morgan fingerprint density at radius 3 is 2.95 bits per heavy atom. The zero-order chi connectivity index (χ0) is 14.3. The van der Waals surface area contributed by atoms with E-state index < -0.39 is 5.63 Å². The number of anilines is 1. The average Bonchev–Trinajstić information content (AvgIpc) is 2.97. The van der Waals surface area contributed by atoms with Gasteiger partial charge in [0.05, 0.1) is 6.04 Å². The minimum Gasteiger partial charge on any atom is -0.421 e. The number of rotatable bonds is 2. The second-order valence-corrected chi connectivity index (χ2v) is 5.15. The molecule has 0 radical (unpaired) electrons. The molecule has 1 fully saturated rings. The number of benzene rings is 1. The molecule has 20 heavy (non-hydrogen) atoms. The molecule has 5 nitrogen and oxygen atoms in total. The van der Waals surface area contributed by atoms with E-state index >= 15 is 0 Å². The van der Waals surface area contributed by atoms with Gasteiger partial charge in [-0.2, -0.15) is 0 Å². The summed E-state index contributed by atoms with van der Waals surface area (Å²) in [6.45, 7) is 2.64. The number of hydrogen-bond donors (Lipinski definition) is 2. The Kier molecular flexibility index (Phi) is 3.06. The number of ketones is 1. The van der Waals surface area contributed by atoms with E-state index in [-0.39, 0.29) is 17.5 Å². The number of fused-ring (bicyclic) bond motifs is 1. The third-order valence-electron chi connectivity index (χ3n) is 3.87. The Labute approximate surface area is 115 Å². The topological polar surface area (TPSA) is 85.3 Å². The predicted octanol–water partition coefficient (Wildman–Crippen LogP) is 1.62. The molecule has 2 heterocycles. The van der Waals surface area contributed by atoms with Crippen molar-refractivity contribution in [3.05, 3.63) is 39.7 Å². The van der Waals surface area contributed by atoms with Gasteiger partial charge in [0.15, 0.2) is 5.78 Å². The van der Waals surface area contributed by atoms with Gasteiger partial charge in [-0.05, 0) is 37.9 Å². The zero-order valence-electron chi connectivity index (χ0n) is 11.2. The quantitative estimate of drug-likeness (QED) is 0.641. The minimum absolute atomic E-state index is 0.0431. The highest BCUT2D eigenvalue weighted by molar-refractivity contribution is 6.03. The molecule has 1 saturated heterocycles. The highest BCUT2D eigenvalue weighted by atomic mass is 16.4. The van der Waals surface area contributed by atoms with Crippen molar-refractivity contribution < 1.29 is 9.21 Å². The summed E-state index contributed by atoms with van der Waals surface area (Å²) in [5, 5.41) is 3.93. The largest absolute Gasteiger partial charge is 0.421 e. The van der Waals surface area contributed by atoms with Gasteiger partial charge in [0.1, 0.15) is 11.3 Å². The maximum atomic E-state index is 12.3. The Bertz CT molecular complexity index is 743. The first kappa shape index (κ1) is 12.9. The third-order valence-corrected chi connectivity index (χ3v) is 3.87. The number of nitrogen functional groups attached to an aromatic ring is 1. The number of Topliss-reactive ketones (excluding diaryl/α,β-unsaturated/α-hetero) is 1. The molecular weight excluding hydrogens is 256 g/mol. The molecule has 0 bridgehead atoms. The molecule has 2 aromatic rings. The van der Waals surface area contributed by atoms with Crippen LogP contribution in [-0.4, -0.2) is 18.4 Å². The van der Waals surface area contributed by atoms with E-state index in [1.165, 1.54) is 0 Å². The van der Waals surface area contributed by atoms with Crippen LogP contribution in [0.5, 0.6) is 0 Å². The fourth-order valence-corrected chi connectivity index (χ4v) is 2.63. The molecular formula is C15H16N2O3. The maximum Gasteiger partial charge on any atom is 0.359 e. The van der Waals surface area contributed by atoms with Crippen LogP contribution in [0, 0.1) is 6.92 Å². The van der Waals surface area contributed by atoms with Crippen molar-refractivity contribution in [2.45, 2.75) is 25.8 Å². The van der Waals surface area contributed by atoms with Crippen molar-refractivity contribution in [3.8, 4) is 0 Å². The number of carbonyl (C=O) groups is 1. The molecule has 3 N–H and O–H groups in total. The van der Waals surface area contributed by atoms with Gasteiger partial charge in [-0.3, -0.25) is 4.79 Å². The molecule has 0 unspecified atom stereocenters. The van der Waals surface area contributed by atoms with E-state index in [2.05, 4.69) is 5.32 Å². The lowest BCUT2D eigenvalue weighted by atomic mass is 10.0. The van der Waals surface area contributed by atoms with Gasteiger partial charge in [-0.15, -0.1) is 0 Å². The van der Waals surface area contributed by atoms with Gasteiger partial charge < -0.3 is 15.5 Å². The number of carbonyl (C=O) groups excluding carboxylic acids is 1. The van der Waals surface area contributed by atoms with Crippen LogP contribution in [0.2, 0.25) is 0 Å². The molecule has 0 spiro atoms. The lowest BCUT2D eigenvalue weighted by Crippen LogP contribution is -2.30. The normalized spacial score (nSPS) is 18.6. The lowest BCUT2D eigenvalue weighted by Gasteiger charge is -2.10. The SMILES string of the molecule is Cc1c(N)c(=O)oc2cc(C(=O)[C@@H]3CCCN3)ccc12. The molecule has 1 aliphatic rings. The van der Waals surface area contributed by atoms with Crippen LogP contribution in [0.25, 0.3) is 11.0 Å². The molecule has 0 saturated carbocycles. The maximum absolute atomic E-state index is 12.3. The highest BCUT2D eigenvalue weighted by Crippen LogP contribution is 2.23. The number of nitrogens with two attached hydrogens (primary N) is 1. The minimum atomic E-state index is -0.557. The molecule has 5 heteroatoms. The summed E-state index contributed by atoms with van der Waals surface area (Å²) in [5.41, 5.74) is 6.88. The summed E-state index contributed by atoms with van der Waals surface area (Å²) in [6.07, 6.45) is 1.86. The lowest BCUT2D eigenvalue weighted by molar-refractivity contribution is 0.0952. The van der Waals surface area contributed by atoms with Gasteiger partial charge in [-0.1, -0.05) is 12.1 Å². The zero-order valence-corrected chi connectivity index (χ0v) is 11.2. The van der Waals surface area contributed by atoms with E-state index in [9.17, 15) is 9.59 Å². The summed E-state index contributed by atoms with van der Waals surface area (Å²) in [5.74, 6) is 0.0431. The highest BCUT2D eigenvalue weighted by Gasteiger charge is 2.23. The number of aryl methyl sites for hydroxylation is 1. The average molecular weight is 272 g/mol. The third kappa shape index (κ3) is 2.00. The molecule has 1 aliphatic heterocycles. The monoisotopic (exact) mass is 272 g/mol. The molecule has 3 rings (SSSR count). The van der Waals surface area contributed by atoms with Crippen molar-refractivity contribution in [2.24, 2.45) is 0 Å². The van der Waals surface area contributed by atoms with E-state index in [0.29, 0.717) is 16.7 Å². The van der Waals surface area contributed by atoms with Gasteiger partial charge in [0.25, 0.3) is 0 Å². The molecule has 0 amide bonds. The fourth-order valence-electron chi connectivity index (χ4n) is 2.63. The van der Waals surface area contributed by atoms with Crippen LogP contribution in [0.1, 0.15) is 28.8 Å². The van der Waals surface area contributed by atoms with Crippen molar-refractivity contribution in [3.63, 3.8) is 0 Å². The molecule has 1 atom stereocenters. The van der Waals surface area contributed by atoms with E-state index in [4.69, 9.17) is 10.2 Å². The fraction of sp³-hybridized carbons (Fsp3) is 0.333. The van der Waals surface area contributed by atoms with Crippen molar-refractivity contribution in [1.29, 1.82) is 0 Å². The van der Waals surface area contributed by atoms with Gasteiger partial charge >= 0.3 is 5.63 Å². The Morgan fingerprint density at radius 1 is 1.45 bits per heavy atom. The van der Waals surface area contributed by atoms with Crippen LogP contribution in [-0.2, 0) is 0 Å². The Hall–Kier alpha value is -2.14. The number of hydrogen-bond acceptors (Lipinski definition) is 5. The van der Waals surface area contributed by atoms with Gasteiger partial charge in [0.2, 0.25) is 0 Å². The van der Waals surface area contributed by atoms with E-state index in [1.54, 1.807) is 25.1 Å². The predicted molar refractivity (Wildman–Crippen MR) is 77.0 cm³/mol. The first-order chi connectivity index (χ1) is 9.58. The number of nitrogens with one attached hydrogen (secondary N) is 1. The van der Waals surface area contributed by atoms with Gasteiger partial charge in [0, 0.05) is 10.9 Å². The standard InChI is InChI=1S/C15H16N2O3/c1-8-10-5-4-9(14(18)11-3-2-6-17-11)7-12(10)20-15(19)13(8)16/h4-5,7,11,17H,2-3,6,16H2,1H3/t11-/m0/s1. The van der Waals surface area contributed by atoms with Crippen LogP contribution in [0.15, 0.2) is 27.4 Å². The van der Waals surface area contributed by atoms with Crippen molar-refractivity contribution in [2.75, 3.05) is 12.3 Å². The van der Waals surface area contributed by atoms with Crippen molar-refractivity contribution in [1.82, 2.24) is 5.32 Å². The first-order valence-corrected chi connectivity index (χ1v) is 6.68. The van der Waals surface area contributed by atoms with Crippen LogP contribution < -0.4 is 16.7 Å². The van der Waals surface area contributed by atoms with Crippen LogP contribution in [0.3, 0.4) is 0 Å². The second-order valence-electron chi connectivity index (χ2n) is 5.15. The van der Waals surface area contributed by atoms with Crippen molar-refractivity contribution >= 4 is 22.4 Å². The van der Waals surface area contributed by atoms with Gasteiger partial charge in [-0.25, -0.2) is 4.79 Å². The van der Waals surface area contributed by atoms with E-state index in [0.717, 1.165) is 24.8 Å². The van der Waals surface area contributed by atoms with E-state index in [1.807, 2.05) is 0 Å². The second kappa shape index (κ2) is 4.76. The molecule has 1 aromatic heterocycles. The summed E-state index contributed by atoms with van der Waals surface area (Å²) in [4.78, 5) is 23.9. The van der Waals surface area contributed by atoms with Crippen LogP contribution in [0.4, 0.5) is 5.69 Å². The van der Waals surface area contributed by atoms with Crippen LogP contribution >= 0.6 is 0 Å². The molecule has 0 aliphatic carbocycles. The Balaban J connectivity index is 2.09. The summed E-state index contributed by atoms with van der Waals surface area (Å²) in [7, 11) is 0. The molecule has 1 aromatic carbocycles. The summed E-state index contributed by atoms with van der Waals surface area (Å²) >= 11 is 0. The molecule has 104 valence electrons. The summed E-state index contributed by atoms with van der Waals surface area (Å²) < 4.78 is 5.17. The Morgan fingerprint density at radius 2 is 2.25 bits per heavy atom. The smallest absolute Gasteiger partial charge is 0.359 e.